The smallest absolute Gasteiger partial charge is 0.356 e. The van der Waals surface area contributed by atoms with Gasteiger partial charge in [0.2, 0.25) is 0 Å². The molecule has 4 rings (SSSR count). The Balaban J connectivity index is 1.88. The Labute approximate surface area is 221 Å². The molecule has 1 aliphatic rings. The number of H-pyrrole nitrogens is 1. The van der Waals surface area contributed by atoms with Crippen LogP contribution in [0.5, 0.6) is 0 Å². The Morgan fingerprint density at radius 1 is 1.05 bits per heavy atom. The molecule has 0 amide bonds. The molecule has 12 heteroatoms. The van der Waals surface area contributed by atoms with E-state index in [0.717, 1.165) is 14.9 Å². The summed E-state index contributed by atoms with van der Waals surface area (Å²) < 4.78 is 26.3. The van der Waals surface area contributed by atoms with Gasteiger partial charge >= 0.3 is 13.3 Å². The topological polar surface area (TPSA) is 151 Å². The lowest BCUT2D eigenvalue weighted by molar-refractivity contribution is -0.0620. The zero-order chi connectivity index (χ0) is 27.9. The van der Waals surface area contributed by atoms with Crippen LogP contribution in [0.2, 0.25) is 5.04 Å². The zero-order valence-corrected chi connectivity index (χ0v) is 23.5. The van der Waals surface area contributed by atoms with Crippen molar-refractivity contribution in [3.63, 3.8) is 0 Å². The van der Waals surface area contributed by atoms with Gasteiger partial charge in [0.1, 0.15) is 12.3 Å². The Morgan fingerprint density at radius 2 is 1.58 bits per heavy atom. The summed E-state index contributed by atoms with van der Waals surface area (Å²) in [7, 11) is -8.23. The van der Waals surface area contributed by atoms with Crippen molar-refractivity contribution in [3.8, 4) is 0 Å². The van der Waals surface area contributed by atoms with Gasteiger partial charge in [-0.1, -0.05) is 81.4 Å². The molecule has 4 atom stereocenters. The summed E-state index contributed by atoms with van der Waals surface area (Å²) in [6, 6.07) is 19.3. The molecule has 2 aromatic carbocycles. The average Bonchev–Trinajstić information content (AvgIpc) is 3.27. The fraction of sp³-hybridized carbons (Fsp3) is 0.385. The second-order valence-electron chi connectivity index (χ2n) is 10.6. The molecule has 10 nitrogen and oxygen atoms in total. The van der Waals surface area contributed by atoms with Gasteiger partial charge in [-0.3, -0.25) is 18.9 Å². The minimum absolute atomic E-state index is 0.0115. The predicted octanol–water partition coefficient (Wildman–Crippen LogP) is 1.57. The SMILES string of the molecule is Cc1cn([C@H]2C[C@H](O[Si](c3ccccc3)(c3ccccc3)C(C)(C)C)[C@@H]([C@@H](O)P(=O)(O)O)O2)c(=O)[nH]c1=O. The first-order chi connectivity index (χ1) is 17.8. The lowest BCUT2D eigenvalue weighted by atomic mass is 10.2. The number of aromatic nitrogens is 2. The number of hydrogen-bond donors (Lipinski definition) is 4. The molecule has 0 bridgehead atoms. The van der Waals surface area contributed by atoms with Crippen molar-refractivity contribution >= 4 is 26.3 Å². The highest BCUT2D eigenvalue weighted by Gasteiger charge is 2.56. The largest absolute Gasteiger partial charge is 0.402 e. The highest BCUT2D eigenvalue weighted by atomic mass is 31.2. The average molecular weight is 561 g/mol. The first kappa shape index (κ1) is 28.4. The molecule has 3 aromatic rings. The number of nitrogens with zero attached hydrogens (tertiary/aromatic N) is 1. The Bertz CT molecular complexity index is 1390. The summed E-state index contributed by atoms with van der Waals surface area (Å²) in [4.78, 5) is 46.5. The standard InChI is InChI=1S/C26H33N2O8PSi/c1-17-16-28(25(31)27-23(17)29)21-15-20(22(35-21)24(30)37(32,33)34)36-38(26(2,3)4,18-11-7-5-8-12-18)19-13-9-6-10-14-19/h5-14,16,20-22,24,30H,15H2,1-4H3,(H,27,29,31)(H2,32,33,34)/t20-,21+,22-,24-/m0/s1. The molecular formula is C26H33N2O8PSi. The molecule has 4 N–H and O–H groups in total. The van der Waals surface area contributed by atoms with E-state index < -0.39 is 56.5 Å². The van der Waals surface area contributed by atoms with Crippen molar-refractivity contribution in [2.24, 2.45) is 0 Å². The fourth-order valence-electron chi connectivity index (χ4n) is 5.12. The second kappa shape index (κ2) is 10.5. The maximum Gasteiger partial charge on any atom is 0.356 e. The van der Waals surface area contributed by atoms with Crippen LogP contribution in [0.3, 0.4) is 0 Å². The van der Waals surface area contributed by atoms with Crippen LogP contribution in [-0.2, 0) is 13.7 Å². The van der Waals surface area contributed by atoms with Gasteiger partial charge in [0.05, 0.1) is 6.10 Å². The molecule has 0 unspecified atom stereocenters. The van der Waals surface area contributed by atoms with Crippen LogP contribution < -0.4 is 21.6 Å². The number of benzene rings is 2. The van der Waals surface area contributed by atoms with Gasteiger partial charge in [0, 0.05) is 18.2 Å². The van der Waals surface area contributed by atoms with Crippen molar-refractivity contribution in [2.45, 2.75) is 63.4 Å². The summed E-state index contributed by atoms with van der Waals surface area (Å²) >= 11 is 0. The second-order valence-corrected chi connectivity index (χ2v) is 16.6. The van der Waals surface area contributed by atoms with Crippen molar-refractivity contribution in [3.05, 3.63) is 93.3 Å². The summed E-state index contributed by atoms with van der Waals surface area (Å²) in [5.41, 5.74) is -1.02. The van der Waals surface area contributed by atoms with Crippen LogP contribution >= 0.6 is 7.60 Å². The van der Waals surface area contributed by atoms with Gasteiger partial charge in [0.25, 0.3) is 13.9 Å². The Kier molecular flexibility index (Phi) is 7.84. The van der Waals surface area contributed by atoms with Gasteiger partial charge < -0.3 is 24.1 Å². The van der Waals surface area contributed by atoms with E-state index in [1.807, 2.05) is 60.7 Å². The van der Waals surface area contributed by atoms with Crippen molar-refractivity contribution in [1.29, 1.82) is 0 Å². The molecular weight excluding hydrogens is 527 g/mol. The summed E-state index contributed by atoms with van der Waals surface area (Å²) in [5, 5.41) is 12.1. The number of ether oxygens (including phenoxy) is 1. The molecule has 204 valence electrons. The third kappa shape index (κ3) is 5.28. The van der Waals surface area contributed by atoms with E-state index in [-0.39, 0.29) is 12.0 Å². The maximum absolute atomic E-state index is 12.6. The van der Waals surface area contributed by atoms with E-state index >= 15 is 0 Å². The zero-order valence-electron chi connectivity index (χ0n) is 21.6. The summed E-state index contributed by atoms with van der Waals surface area (Å²) in [6.07, 6.45) is -2.13. The van der Waals surface area contributed by atoms with E-state index in [1.54, 1.807) is 0 Å². The fourth-order valence-corrected chi connectivity index (χ4v) is 10.5. The number of hydrogen-bond acceptors (Lipinski definition) is 6. The number of aliphatic hydroxyl groups is 1. The normalized spacial score (nSPS) is 21.4. The van der Waals surface area contributed by atoms with Gasteiger partial charge in [0.15, 0.2) is 5.85 Å². The first-order valence-corrected chi connectivity index (χ1v) is 15.8. The molecule has 0 saturated carbocycles. The number of aliphatic hydroxyl groups excluding tert-OH is 1. The van der Waals surface area contributed by atoms with Crippen LogP contribution in [0.15, 0.2) is 76.4 Å². The lowest BCUT2D eigenvalue weighted by Gasteiger charge is -2.45. The van der Waals surface area contributed by atoms with E-state index in [0.29, 0.717) is 0 Å². The van der Waals surface area contributed by atoms with Gasteiger partial charge in [-0.2, -0.15) is 0 Å². The molecule has 0 aliphatic carbocycles. The van der Waals surface area contributed by atoms with E-state index in [9.17, 15) is 29.0 Å². The number of aromatic amines is 1. The van der Waals surface area contributed by atoms with Crippen molar-refractivity contribution in [2.75, 3.05) is 0 Å². The monoisotopic (exact) mass is 560 g/mol. The van der Waals surface area contributed by atoms with Crippen molar-refractivity contribution in [1.82, 2.24) is 9.55 Å². The Morgan fingerprint density at radius 3 is 2.05 bits per heavy atom. The van der Waals surface area contributed by atoms with Crippen molar-refractivity contribution < 1.29 is 28.6 Å². The van der Waals surface area contributed by atoms with Gasteiger partial charge in [-0.05, 0) is 22.3 Å². The highest BCUT2D eigenvalue weighted by Crippen LogP contribution is 2.48. The van der Waals surface area contributed by atoms with Crippen LogP contribution in [0.25, 0.3) is 0 Å². The summed E-state index contributed by atoms with van der Waals surface area (Å²) in [5.74, 6) is -2.18. The Hall–Kier alpha value is -2.63. The quantitative estimate of drug-likeness (QED) is 0.251. The van der Waals surface area contributed by atoms with Gasteiger partial charge in [-0.25, -0.2) is 4.79 Å². The predicted molar refractivity (Wildman–Crippen MR) is 145 cm³/mol. The van der Waals surface area contributed by atoms with E-state index in [4.69, 9.17) is 9.16 Å². The molecule has 1 aliphatic heterocycles. The van der Waals surface area contributed by atoms with Gasteiger partial charge in [-0.15, -0.1) is 0 Å². The van der Waals surface area contributed by atoms with Crippen LogP contribution in [0.4, 0.5) is 0 Å². The van der Waals surface area contributed by atoms with E-state index in [1.165, 1.54) is 13.1 Å². The third-order valence-electron chi connectivity index (χ3n) is 6.95. The third-order valence-corrected chi connectivity index (χ3v) is 13.0. The minimum Gasteiger partial charge on any atom is -0.402 e. The van der Waals surface area contributed by atoms with Crippen LogP contribution in [-0.4, -0.2) is 50.8 Å². The molecule has 0 radical (unpaired) electrons. The first-order valence-electron chi connectivity index (χ1n) is 12.3. The molecule has 38 heavy (non-hydrogen) atoms. The molecule has 0 spiro atoms. The molecule has 1 aromatic heterocycles. The molecule has 1 fully saturated rings. The molecule has 2 heterocycles. The van der Waals surface area contributed by atoms with E-state index in [2.05, 4.69) is 25.8 Å². The van der Waals surface area contributed by atoms with Crippen LogP contribution in [0.1, 0.15) is 39.0 Å². The lowest BCUT2D eigenvalue weighted by Crippen LogP contribution is -2.68. The number of aryl methyl sites for hydroxylation is 1. The van der Waals surface area contributed by atoms with Crippen LogP contribution in [0, 0.1) is 6.92 Å². The molecule has 1 saturated heterocycles. The maximum atomic E-state index is 12.6. The highest BCUT2D eigenvalue weighted by molar-refractivity contribution is 7.52. The summed E-state index contributed by atoms with van der Waals surface area (Å²) in [6.45, 7) is 7.69. The number of rotatable bonds is 7. The number of nitrogens with one attached hydrogen (secondary N) is 1. The minimum atomic E-state index is -5.02.